The van der Waals surface area contributed by atoms with Gasteiger partial charge >= 0.3 is 0 Å². The number of hydrogen-bond acceptors (Lipinski definition) is 0. The van der Waals surface area contributed by atoms with Crippen LogP contribution in [0, 0.1) is 17.8 Å². The molecule has 0 aromatic carbocycles. The molecule has 104 valence electrons. The Labute approximate surface area is 111 Å². The molecular weight excluding hydrogens is 204 g/mol. The topological polar surface area (TPSA) is 0 Å². The van der Waals surface area contributed by atoms with Crippen LogP contribution < -0.4 is 0 Å². The molecule has 0 heterocycles. The van der Waals surface area contributed by atoms with Crippen LogP contribution in [-0.4, -0.2) is 0 Å². The van der Waals surface area contributed by atoms with Gasteiger partial charge in [0.15, 0.2) is 0 Å². The van der Waals surface area contributed by atoms with E-state index in [4.69, 9.17) is 0 Å². The molecule has 0 nitrogen and oxygen atoms in total. The average molecular weight is 240 g/mol. The first kappa shape index (κ1) is 17.0. The zero-order valence-corrected chi connectivity index (χ0v) is 13.1. The Hall–Kier alpha value is 0. The van der Waals surface area contributed by atoms with Crippen molar-refractivity contribution >= 4 is 0 Å². The summed E-state index contributed by atoms with van der Waals surface area (Å²) in [4.78, 5) is 0. The van der Waals surface area contributed by atoms with Crippen molar-refractivity contribution in [1.82, 2.24) is 0 Å². The van der Waals surface area contributed by atoms with Crippen LogP contribution in [0.5, 0.6) is 0 Å². The molecule has 0 amide bonds. The maximum atomic E-state index is 2.48. The van der Waals surface area contributed by atoms with Crippen molar-refractivity contribution in [2.24, 2.45) is 17.8 Å². The van der Waals surface area contributed by atoms with E-state index < -0.39 is 0 Å². The molecule has 3 atom stereocenters. The largest absolute Gasteiger partial charge is 0.0654 e. The third kappa shape index (κ3) is 7.84. The predicted octanol–water partition coefficient (Wildman–Crippen LogP) is 6.45. The predicted molar refractivity (Wildman–Crippen MR) is 80.4 cm³/mol. The Morgan fingerprint density at radius 2 is 1.29 bits per heavy atom. The molecule has 0 aliphatic rings. The first-order valence-electron chi connectivity index (χ1n) is 8.17. The summed E-state index contributed by atoms with van der Waals surface area (Å²) in [5.74, 6) is 2.82. The van der Waals surface area contributed by atoms with Crippen molar-refractivity contribution in [3.8, 4) is 0 Å². The fraction of sp³-hybridized carbons (Fsp3) is 1.00. The Kier molecular flexibility index (Phi) is 11.1. The molecule has 0 aromatic rings. The molecule has 17 heavy (non-hydrogen) atoms. The number of unbranched alkanes of at least 4 members (excludes halogenated alkanes) is 4. The number of hydrogen-bond donors (Lipinski definition) is 0. The lowest BCUT2D eigenvalue weighted by molar-refractivity contribution is 0.215. The molecule has 0 spiro atoms. The van der Waals surface area contributed by atoms with E-state index in [9.17, 15) is 0 Å². The van der Waals surface area contributed by atoms with Crippen LogP contribution in [0.4, 0.5) is 0 Å². The van der Waals surface area contributed by atoms with Gasteiger partial charge in [-0.25, -0.2) is 0 Å². The molecule has 3 unspecified atom stereocenters. The highest BCUT2D eigenvalue weighted by Gasteiger charge is 2.21. The van der Waals surface area contributed by atoms with Crippen molar-refractivity contribution in [3.63, 3.8) is 0 Å². The highest BCUT2D eigenvalue weighted by molar-refractivity contribution is 4.71. The maximum absolute atomic E-state index is 2.48. The summed E-state index contributed by atoms with van der Waals surface area (Å²) in [6, 6.07) is 0. The molecule has 0 N–H and O–H groups in total. The molecule has 0 aromatic heterocycles. The van der Waals surface area contributed by atoms with Crippen LogP contribution in [0.3, 0.4) is 0 Å². The average Bonchev–Trinajstić information content (AvgIpc) is 2.33. The van der Waals surface area contributed by atoms with Gasteiger partial charge in [-0.3, -0.25) is 0 Å². The minimum absolute atomic E-state index is 0.919. The van der Waals surface area contributed by atoms with Gasteiger partial charge in [-0.05, 0) is 24.2 Å². The fourth-order valence-corrected chi connectivity index (χ4v) is 3.09. The van der Waals surface area contributed by atoms with Gasteiger partial charge in [-0.15, -0.1) is 0 Å². The van der Waals surface area contributed by atoms with Gasteiger partial charge in [0.1, 0.15) is 0 Å². The van der Waals surface area contributed by atoms with Crippen LogP contribution in [0.25, 0.3) is 0 Å². The first-order valence-corrected chi connectivity index (χ1v) is 8.17. The van der Waals surface area contributed by atoms with E-state index in [0.717, 1.165) is 17.8 Å². The summed E-state index contributed by atoms with van der Waals surface area (Å²) >= 11 is 0. The minimum Gasteiger partial charge on any atom is -0.0654 e. The highest BCUT2D eigenvalue weighted by atomic mass is 14.3. The van der Waals surface area contributed by atoms with E-state index in [1.54, 1.807) is 0 Å². The Morgan fingerprint density at radius 1 is 0.647 bits per heavy atom. The summed E-state index contributed by atoms with van der Waals surface area (Å²) in [5, 5.41) is 0. The molecule has 0 rings (SSSR count). The molecule has 0 fully saturated rings. The summed E-state index contributed by atoms with van der Waals surface area (Å²) in [6.07, 6.45) is 12.8. The maximum Gasteiger partial charge on any atom is -0.0363 e. The van der Waals surface area contributed by atoms with Crippen LogP contribution in [0.2, 0.25) is 0 Å². The second kappa shape index (κ2) is 11.1. The van der Waals surface area contributed by atoms with Crippen molar-refractivity contribution in [2.75, 3.05) is 0 Å². The molecular formula is C17H36. The summed E-state index contributed by atoms with van der Waals surface area (Å²) in [5.41, 5.74) is 0. The normalized spacial score (nSPS) is 16.8. The molecule has 0 radical (unpaired) electrons. The summed E-state index contributed by atoms with van der Waals surface area (Å²) in [7, 11) is 0. The van der Waals surface area contributed by atoms with Crippen LogP contribution >= 0.6 is 0 Å². The molecule has 0 saturated heterocycles. The Balaban J connectivity index is 3.93. The van der Waals surface area contributed by atoms with Crippen molar-refractivity contribution < 1.29 is 0 Å². The van der Waals surface area contributed by atoms with Gasteiger partial charge in [0.25, 0.3) is 0 Å². The van der Waals surface area contributed by atoms with Gasteiger partial charge in [0.05, 0.1) is 0 Å². The lowest BCUT2D eigenvalue weighted by atomic mass is 9.77. The number of rotatable bonds is 11. The van der Waals surface area contributed by atoms with Gasteiger partial charge < -0.3 is 0 Å². The van der Waals surface area contributed by atoms with E-state index in [2.05, 4.69) is 34.6 Å². The zero-order chi connectivity index (χ0) is 13.1. The molecule has 0 saturated carbocycles. The van der Waals surface area contributed by atoms with Crippen LogP contribution in [-0.2, 0) is 0 Å². The van der Waals surface area contributed by atoms with E-state index in [0.29, 0.717) is 0 Å². The van der Waals surface area contributed by atoms with Crippen LogP contribution in [0.1, 0.15) is 92.4 Å². The molecule has 0 heteroatoms. The highest BCUT2D eigenvalue weighted by Crippen LogP contribution is 2.31. The van der Waals surface area contributed by atoms with E-state index in [1.165, 1.54) is 57.8 Å². The van der Waals surface area contributed by atoms with Gasteiger partial charge in [0.2, 0.25) is 0 Å². The smallest absolute Gasteiger partial charge is 0.0363 e. The molecule has 0 bridgehead atoms. The quantitative estimate of drug-likeness (QED) is 0.364. The third-order valence-corrected chi connectivity index (χ3v) is 4.49. The third-order valence-electron chi connectivity index (χ3n) is 4.49. The molecule has 0 aliphatic carbocycles. The Morgan fingerprint density at radius 3 is 1.82 bits per heavy atom. The SMILES string of the molecule is CCCCCCCC(C(C)CC)C(C)CCC. The lowest BCUT2D eigenvalue weighted by Gasteiger charge is -2.29. The summed E-state index contributed by atoms with van der Waals surface area (Å²) in [6.45, 7) is 11.9. The zero-order valence-electron chi connectivity index (χ0n) is 13.1. The van der Waals surface area contributed by atoms with Gasteiger partial charge in [-0.2, -0.15) is 0 Å². The minimum atomic E-state index is 0.919. The second-order valence-corrected chi connectivity index (χ2v) is 6.02. The Bertz CT molecular complexity index is 150. The standard InChI is InChI=1S/C17H36/c1-6-9-10-11-12-14-17(15(4)8-3)16(5)13-7-2/h15-17H,6-14H2,1-5H3. The fourth-order valence-electron chi connectivity index (χ4n) is 3.09. The van der Waals surface area contributed by atoms with Crippen molar-refractivity contribution in [3.05, 3.63) is 0 Å². The second-order valence-electron chi connectivity index (χ2n) is 6.02. The monoisotopic (exact) mass is 240 g/mol. The van der Waals surface area contributed by atoms with Crippen molar-refractivity contribution in [2.45, 2.75) is 92.4 Å². The van der Waals surface area contributed by atoms with E-state index >= 15 is 0 Å². The summed E-state index contributed by atoms with van der Waals surface area (Å²) < 4.78 is 0. The first-order chi connectivity index (χ1) is 8.17. The molecule has 0 aliphatic heterocycles. The lowest BCUT2D eigenvalue weighted by Crippen LogP contribution is -2.19. The van der Waals surface area contributed by atoms with E-state index in [1.807, 2.05) is 0 Å². The van der Waals surface area contributed by atoms with Crippen molar-refractivity contribution in [1.29, 1.82) is 0 Å². The van der Waals surface area contributed by atoms with Gasteiger partial charge in [-0.1, -0.05) is 86.0 Å². The van der Waals surface area contributed by atoms with Gasteiger partial charge in [0, 0.05) is 0 Å². The van der Waals surface area contributed by atoms with E-state index in [-0.39, 0.29) is 0 Å². The van der Waals surface area contributed by atoms with Crippen LogP contribution in [0.15, 0.2) is 0 Å².